The summed E-state index contributed by atoms with van der Waals surface area (Å²) >= 11 is 0. The Bertz CT molecular complexity index is 413. The number of methoxy groups -OCH3 is 1. The van der Waals surface area contributed by atoms with E-state index in [9.17, 15) is 13.2 Å². The van der Waals surface area contributed by atoms with Crippen LogP contribution >= 0.6 is 0 Å². The maximum atomic E-state index is 11.1. The highest BCUT2D eigenvalue weighted by molar-refractivity contribution is 7.88. The van der Waals surface area contributed by atoms with Crippen molar-refractivity contribution in [2.24, 2.45) is 0 Å². The van der Waals surface area contributed by atoms with Crippen LogP contribution in [-0.2, 0) is 19.6 Å². The van der Waals surface area contributed by atoms with Gasteiger partial charge in [-0.3, -0.25) is 0 Å². The zero-order valence-electron chi connectivity index (χ0n) is 11.5. The largest absolute Gasteiger partial charge is 0.466 e. The topological polar surface area (TPSA) is 84.5 Å². The third-order valence-corrected chi connectivity index (χ3v) is 3.01. The number of sulfonamides is 1. The average Bonchev–Trinajstić information content (AvgIpc) is 2.19. The number of carbonyl (C=O) groups is 1. The summed E-state index contributed by atoms with van der Waals surface area (Å²) in [7, 11) is -1.91. The first-order valence-corrected chi connectivity index (χ1v) is 7.41. The molecule has 0 atom stereocenters. The monoisotopic (exact) mass is 278 g/mol. The third kappa shape index (κ3) is 8.21. The first kappa shape index (κ1) is 17.1. The molecule has 0 bridgehead atoms. The van der Waals surface area contributed by atoms with Crippen LogP contribution in [0.2, 0.25) is 0 Å². The molecule has 0 saturated carbocycles. The molecule has 7 heteroatoms. The van der Waals surface area contributed by atoms with Gasteiger partial charge in [-0.05, 0) is 20.8 Å². The highest BCUT2D eigenvalue weighted by Gasteiger charge is 2.21. The molecule has 0 saturated heterocycles. The fourth-order valence-electron chi connectivity index (χ4n) is 1.39. The Morgan fingerprint density at radius 1 is 1.39 bits per heavy atom. The molecule has 0 radical (unpaired) electrons. The highest BCUT2D eigenvalue weighted by atomic mass is 32.2. The minimum Gasteiger partial charge on any atom is -0.466 e. The predicted molar refractivity (Wildman–Crippen MR) is 70.7 cm³/mol. The average molecular weight is 278 g/mol. The van der Waals surface area contributed by atoms with Crippen molar-refractivity contribution in [3.63, 3.8) is 0 Å². The molecule has 0 aromatic rings. The number of hydrogen-bond acceptors (Lipinski definition) is 5. The van der Waals surface area contributed by atoms with Crippen LogP contribution < -0.4 is 10.0 Å². The molecule has 0 rings (SSSR count). The van der Waals surface area contributed by atoms with Crippen molar-refractivity contribution in [3.8, 4) is 0 Å². The number of carbonyl (C=O) groups excluding carboxylic acids is 1. The van der Waals surface area contributed by atoms with Crippen LogP contribution in [0.1, 0.15) is 20.8 Å². The normalized spacial score (nSPS) is 13.5. The second-order valence-corrected chi connectivity index (χ2v) is 6.52. The van der Waals surface area contributed by atoms with Crippen molar-refractivity contribution >= 4 is 16.0 Å². The Kier molecular flexibility index (Phi) is 6.51. The zero-order chi connectivity index (χ0) is 14.4. The predicted octanol–water partition coefficient (Wildman–Crippen LogP) is 0.0231. The molecule has 0 fully saturated rings. The lowest BCUT2D eigenvalue weighted by Gasteiger charge is -2.25. The van der Waals surface area contributed by atoms with E-state index in [-0.39, 0.29) is 5.97 Å². The van der Waals surface area contributed by atoms with Crippen LogP contribution in [-0.4, -0.2) is 46.4 Å². The van der Waals surface area contributed by atoms with Gasteiger partial charge >= 0.3 is 5.97 Å². The Balaban J connectivity index is 4.16. The van der Waals surface area contributed by atoms with Crippen molar-refractivity contribution < 1.29 is 17.9 Å². The molecule has 0 aliphatic heterocycles. The number of ether oxygens (including phenoxy) is 1. The Morgan fingerprint density at radius 2 is 1.94 bits per heavy atom. The molecule has 0 spiro atoms. The molecule has 106 valence electrons. The van der Waals surface area contributed by atoms with E-state index in [0.717, 1.165) is 6.26 Å². The standard InChI is InChI=1S/C11H22N2O4S/c1-9(10(14)17-4)6-7-12-8-11(2,3)13-18(5,15)16/h6,12-13H,7-8H2,1-5H3. The van der Waals surface area contributed by atoms with E-state index in [0.29, 0.717) is 18.7 Å². The highest BCUT2D eigenvalue weighted by Crippen LogP contribution is 2.02. The van der Waals surface area contributed by atoms with E-state index in [1.54, 1.807) is 26.8 Å². The number of esters is 1. The molecule has 0 amide bonds. The van der Waals surface area contributed by atoms with Crippen LogP contribution in [0, 0.1) is 0 Å². The molecule has 18 heavy (non-hydrogen) atoms. The summed E-state index contributed by atoms with van der Waals surface area (Å²) in [6.45, 7) is 6.13. The lowest BCUT2D eigenvalue weighted by molar-refractivity contribution is -0.136. The number of hydrogen-bond donors (Lipinski definition) is 2. The molecule has 0 aromatic heterocycles. The summed E-state index contributed by atoms with van der Waals surface area (Å²) in [5.41, 5.74) is -0.0699. The van der Waals surface area contributed by atoms with Crippen molar-refractivity contribution in [2.45, 2.75) is 26.3 Å². The van der Waals surface area contributed by atoms with E-state index < -0.39 is 15.6 Å². The molecule has 0 aromatic carbocycles. The van der Waals surface area contributed by atoms with Gasteiger partial charge in [-0.15, -0.1) is 0 Å². The molecule has 2 N–H and O–H groups in total. The van der Waals surface area contributed by atoms with Gasteiger partial charge in [0.25, 0.3) is 0 Å². The minimum absolute atomic E-state index is 0.370. The van der Waals surface area contributed by atoms with Crippen molar-refractivity contribution in [1.82, 2.24) is 10.0 Å². The maximum absolute atomic E-state index is 11.1. The van der Waals surface area contributed by atoms with Gasteiger partial charge in [0.2, 0.25) is 10.0 Å². The fraction of sp³-hybridized carbons (Fsp3) is 0.727. The minimum atomic E-state index is -3.23. The molecule has 0 aliphatic rings. The summed E-state index contributed by atoms with van der Waals surface area (Å²) in [4.78, 5) is 11.1. The molecule has 0 aliphatic carbocycles. The van der Waals surface area contributed by atoms with Crippen LogP contribution in [0.3, 0.4) is 0 Å². The zero-order valence-corrected chi connectivity index (χ0v) is 12.3. The van der Waals surface area contributed by atoms with Gasteiger partial charge < -0.3 is 10.1 Å². The molecule has 6 nitrogen and oxygen atoms in total. The van der Waals surface area contributed by atoms with Gasteiger partial charge in [0.1, 0.15) is 0 Å². The van der Waals surface area contributed by atoms with Crippen molar-refractivity contribution in [1.29, 1.82) is 0 Å². The Labute approximate surface area is 109 Å². The first-order chi connectivity index (χ1) is 8.07. The Hall–Kier alpha value is -0.920. The summed E-state index contributed by atoms with van der Waals surface area (Å²) in [6.07, 6.45) is 2.82. The smallest absolute Gasteiger partial charge is 0.333 e. The quantitative estimate of drug-likeness (QED) is 0.390. The lowest BCUT2D eigenvalue weighted by atomic mass is 10.1. The van der Waals surface area contributed by atoms with Crippen LogP contribution in [0.25, 0.3) is 0 Å². The van der Waals surface area contributed by atoms with E-state index in [1.807, 2.05) is 0 Å². The van der Waals surface area contributed by atoms with Gasteiger partial charge in [-0.2, -0.15) is 0 Å². The van der Waals surface area contributed by atoms with E-state index in [4.69, 9.17) is 0 Å². The lowest BCUT2D eigenvalue weighted by Crippen LogP contribution is -2.49. The van der Waals surface area contributed by atoms with Gasteiger partial charge in [-0.25, -0.2) is 17.9 Å². The second-order valence-electron chi connectivity index (χ2n) is 4.77. The van der Waals surface area contributed by atoms with Crippen LogP contribution in [0.15, 0.2) is 11.6 Å². The molecular weight excluding hydrogens is 256 g/mol. The summed E-state index contributed by atoms with van der Waals surface area (Å²) in [6, 6.07) is 0. The summed E-state index contributed by atoms with van der Waals surface area (Å²) < 4.78 is 29.3. The molecular formula is C11H22N2O4S. The van der Waals surface area contributed by atoms with Crippen LogP contribution in [0.5, 0.6) is 0 Å². The number of rotatable bonds is 7. The third-order valence-electron chi connectivity index (χ3n) is 2.09. The van der Waals surface area contributed by atoms with Gasteiger partial charge in [-0.1, -0.05) is 6.08 Å². The van der Waals surface area contributed by atoms with E-state index in [2.05, 4.69) is 14.8 Å². The summed E-state index contributed by atoms with van der Waals surface area (Å²) in [5.74, 6) is -0.370. The van der Waals surface area contributed by atoms with E-state index in [1.165, 1.54) is 7.11 Å². The van der Waals surface area contributed by atoms with Gasteiger partial charge in [0.05, 0.1) is 13.4 Å². The first-order valence-electron chi connectivity index (χ1n) is 5.52. The maximum Gasteiger partial charge on any atom is 0.333 e. The van der Waals surface area contributed by atoms with E-state index >= 15 is 0 Å². The van der Waals surface area contributed by atoms with Crippen LogP contribution in [0.4, 0.5) is 0 Å². The summed E-state index contributed by atoms with van der Waals surface area (Å²) in [5, 5.41) is 3.05. The van der Waals surface area contributed by atoms with Gasteiger partial charge in [0, 0.05) is 24.2 Å². The fourth-order valence-corrected chi connectivity index (χ4v) is 2.47. The van der Waals surface area contributed by atoms with Crippen molar-refractivity contribution in [3.05, 3.63) is 11.6 Å². The molecule has 0 unspecified atom stereocenters. The molecule has 0 heterocycles. The Morgan fingerprint density at radius 3 is 2.39 bits per heavy atom. The van der Waals surface area contributed by atoms with Gasteiger partial charge in [0.15, 0.2) is 0 Å². The second kappa shape index (κ2) is 6.86. The number of nitrogens with one attached hydrogen (secondary N) is 2. The van der Waals surface area contributed by atoms with Crippen molar-refractivity contribution in [2.75, 3.05) is 26.5 Å². The SMILES string of the molecule is COC(=O)C(C)=CCNCC(C)(C)NS(C)(=O)=O.